The van der Waals surface area contributed by atoms with Gasteiger partial charge in [0.05, 0.1) is 4.90 Å². The van der Waals surface area contributed by atoms with Crippen molar-refractivity contribution in [3.8, 4) is 11.5 Å². The molecule has 0 atom stereocenters. The molecule has 1 N–H and O–H groups in total. The van der Waals surface area contributed by atoms with Crippen LogP contribution in [0.3, 0.4) is 0 Å². The third-order valence-electron chi connectivity index (χ3n) is 6.67. The molecule has 2 heterocycles. The number of sulfonamides is 1. The van der Waals surface area contributed by atoms with Crippen LogP contribution in [0.4, 0.5) is 6.01 Å². The lowest BCUT2D eigenvalue weighted by atomic mass is 10.0. The molecule has 0 unspecified atom stereocenters. The molecule has 1 aliphatic heterocycles. The van der Waals surface area contributed by atoms with Crippen LogP contribution in [0, 0.1) is 20.8 Å². The highest BCUT2D eigenvalue weighted by atomic mass is 32.2. The summed E-state index contributed by atoms with van der Waals surface area (Å²) in [6, 6.07) is 17.6. The number of nitrogens with one attached hydrogen (secondary N) is 1. The average Bonchev–Trinajstić information content (AvgIpc) is 3.35. The fraction of sp³-hybridized carbons (Fsp3) is 0.222. The molecule has 0 aliphatic carbocycles. The summed E-state index contributed by atoms with van der Waals surface area (Å²) in [5, 5.41) is 10.6. The van der Waals surface area contributed by atoms with Crippen LogP contribution in [-0.2, 0) is 23.0 Å². The number of carbonyl (C=O) groups is 1. The van der Waals surface area contributed by atoms with E-state index in [-0.39, 0.29) is 16.5 Å². The second-order valence-electron chi connectivity index (χ2n) is 8.98. The number of carbonyl (C=O) groups excluding carboxylic acids is 1. The lowest BCUT2D eigenvalue weighted by Crippen LogP contribution is -2.35. The number of fused-ring (bicyclic) bond motifs is 1. The second-order valence-corrected chi connectivity index (χ2v) is 10.9. The van der Waals surface area contributed by atoms with Gasteiger partial charge in [0.2, 0.25) is 15.9 Å². The van der Waals surface area contributed by atoms with Gasteiger partial charge in [-0.25, -0.2) is 8.42 Å². The van der Waals surface area contributed by atoms with E-state index in [9.17, 15) is 13.2 Å². The van der Waals surface area contributed by atoms with Gasteiger partial charge >= 0.3 is 6.01 Å². The summed E-state index contributed by atoms with van der Waals surface area (Å²) in [7, 11) is -3.68. The number of anilines is 1. The van der Waals surface area contributed by atoms with Crippen molar-refractivity contribution in [3.63, 3.8) is 0 Å². The topological polar surface area (TPSA) is 105 Å². The molecule has 0 fully saturated rings. The Morgan fingerprint density at radius 2 is 1.61 bits per heavy atom. The number of amides is 1. The molecule has 184 valence electrons. The van der Waals surface area contributed by atoms with Crippen molar-refractivity contribution >= 4 is 21.9 Å². The number of hydrogen-bond acceptors (Lipinski definition) is 6. The van der Waals surface area contributed by atoms with Gasteiger partial charge in [-0.15, -0.1) is 5.10 Å². The maximum Gasteiger partial charge on any atom is 0.322 e. The summed E-state index contributed by atoms with van der Waals surface area (Å²) in [6.45, 7) is 6.83. The lowest BCUT2D eigenvalue weighted by Gasteiger charge is -2.28. The molecule has 3 aromatic carbocycles. The Morgan fingerprint density at radius 1 is 0.944 bits per heavy atom. The molecule has 0 saturated heterocycles. The molecule has 0 bridgehead atoms. The monoisotopic (exact) mass is 502 g/mol. The smallest absolute Gasteiger partial charge is 0.322 e. The molecule has 36 heavy (non-hydrogen) atoms. The second kappa shape index (κ2) is 9.33. The number of nitrogens with zero attached hydrogens (tertiary/aromatic N) is 3. The van der Waals surface area contributed by atoms with Crippen LogP contribution in [0.25, 0.3) is 11.5 Å². The Balaban J connectivity index is 1.28. The highest BCUT2D eigenvalue weighted by Gasteiger charge is 2.28. The van der Waals surface area contributed by atoms with E-state index in [4.69, 9.17) is 4.42 Å². The lowest BCUT2D eigenvalue weighted by molar-refractivity contribution is 0.102. The molecule has 5 rings (SSSR count). The maximum absolute atomic E-state index is 13.2. The summed E-state index contributed by atoms with van der Waals surface area (Å²) < 4.78 is 33.4. The minimum Gasteiger partial charge on any atom is -0.403 e. The van der Waals surface area contributed by atoms with Gasteiger partial charge in [0.25, 0.3) is 5.91 Å². The first-order valence-corrected chi connectivity index (χ1v) is 13.1. The Kier molecular flexibility index (Phi) is 6.19. The van der Waals surface area contributed by atoms with Gasteiger partial charge < -0.3 is 4.42 Å². The molecule has 4 aromatic rings. The molecule has 1 aromatic heterocycles. The van der Waals surface area contributed by atoms with Gasteiger partial charge in [-0.3, -0.25) is 10.1 Å². The minimum absolute atomic E-state index is 0.0328. The van der Waals surface area contributed by atoms with Crippen LogP contribution in [0.1, 0.15) is 38.2 Å². The molecule has 0 radical (unpaired) electrons. The van der Waals surface area contributed by atoms with Crippen LogP contribution < -0.4 is 5.32 Å². The maximum atomic E-state index is 13.2. The number of aromatic nitrogens is 2. The van der Waals surface area contributed by atoms with E-state index in [0.29, 0.717) is 25.4 Å². The molecule has 8 nitrogen and oxygen atoms in total. The standard InChI is InChI=1S/C27H26N4O4S/c1-17-14-23(15-18(2)19(17)3)26-29-30-27(35-26)28-25(32)21-8-10-24(11-9-21)36(33,34)31-13-12-20-6-4-5-7-22(20)16-31/h4-11,14-15H,12-13,16H2,1-3H3,(H,28,30,32). The van der Waals surface area contributed by atoms with Crippen LogP contribution in [0.5, 0.6) is 0 Å². The number of rotatable bonds is 5. The van der Waals surface area contributed by atoms with E-state index >= 15 is 0 Å². The third kappa shape index (κ3) is 4.55. The minimum atomic E-state index is -3.68. The first-order valence-electron chi connectivity index (χ1n) is 11.6. The molecular weight excluding hydrogens is 476 g/mol. The van der Waals surface area contributed by atoms with E-state index in [1.165, 1.54) is 39.7 Å². The zero-order valence-corrected chi connectivity index (χ0v) is 21.1. The summed E-state index contributed by atoms with van der Waals surface area (Å²) in [5.41, 5.74) is 6.65. The van der Waals surface area contributed by atoms with Gasteiger partial charge in [-0.05, 0) is 91.4 Å². The Labute approximate surface area is 210 Å². The first kappa shape index (κ1) is 23.9. The highest BCUT2D eigenvalue weighted by molar-refractivity contribution is 7.89. The molecule has 1 aliphatic rings. The molecule has 0 saturated carbocycles. The molecule has 9 heteroatoms. The SMILES string of the molecule is Cc1cc(-c2nnc(NC(=O)c3ccc(S(=O)(=O)N4CCc5ccccc5C4)cc3)o2)cc(C)c1C. The fourth-order valence-electron chi connectivity index (χ4n) is 4.32. The third-order valence-corrected chi connectivity index (χ3v) is 8.53. The quantitative estimate of drug-likeness (QED) is 0.426. The van der Waals surface area contributed by atoms with E-state index in [0.717, 1.165) is 22.3 Å². The number of aryl methyl sites for hydroxylation is 2. The van der Waals surface area contributed by atoms with Crippen LogP contribution in [0.2, 0.25) is 0 Å². The Morgan fingerprint density at radius 3 is 2.31 bits per heavy atom. The summed E-state index contributed by atoms with van der Waals surface area (Å²) >= 11 is 0. The first-order chi connectivity index (χ1) is 17.2. The van der Waals surface area contributed by atoms with Gasteiger partial charge in [-0.1, -0.05) is 29.4 Å². The van der Waals surface area contributed by atoms with Crippen molar-refractivity contribution in [3.05, 3.63) is 94.0 Å². The van der Waals surface area contributed by atoms with Crippen molar-refractivity contribution in [1.82, 2.24) is 14.5 Å². The molecular formula is C27H26N4O4S. The van der Waals surface area contributed by atoms with E-state index in [2.05, 4.69) is 22.4 Å². The van der Waals surface area contributed by atoms with Crippen molar-refractivity contribution in [2.24, 2.45) is 0 Å². The molecule has 0 spiro atoms. The number of benzene rings is 3. The van der Waals surface area contributed by atoms with E-state index in [1.54, 1.807) is 0 Å². The largest absolute Gasteiger partial charge is 0.403 e. The van der Waals surface area contributed by atoms with Crippen LogP contribution in [0.15, 0.2) is 70.0 Å². The Bertz CT molecular complexity index is 1540. The molecule has 1 amide bonds. The summed E-state index contributed by atoms with van der Waals surface area (Å²) in [6.07, 6.45) is 0.670. The van der Waals surface area contributed by atoms with Crippen molar-refractivity contribution in [1.29, 1.82) is 0 Å². The normalized spacial score (nSPS) is 13.9. The van der Waals surface area contributed by atoms with Gasteiger partial charge in [-0.2, -0.15) is 4.31 Å². The number of hydrogen-bond donors (Lipinski definition) is 1. The Hall–Kier alpha value is -3.82. The average molecular weight is 503 g/mol. The summed E-state index contributed by atoms with van der Waals surface area (Å²) in [4.78, 5) is 12.9. The fourth-order valence-corrected chi connectivity index (χ4v) is 5.74. The predicted octanol–water partition coefficient (Wildman–Crippen LogP) is 4.66. The van der Waals surface area contributed by atoms with Crippen LogP contribution in [-0.4, -0.2) is 35.4 Å². The predicted molar refractivity (Wildman–Crippen MR) is 136 cm³/mol. The van der Waals surface area contributed by atoms with Gasteiger partial charge in [0.15, 0.2) is 0 Å². The zero-order valence-electron chi connectivity index (χ0n) is 20.3. The zero-order chi connectivity index (χ0) is 25.4. The van der Waals surface area contributed by atoms with Crippen LogP contribution >= 0.6 is 0 Å². The highest BCUT2D eigenvalue weighted by Crippen LogP contribution is 2.27. The van der Waals surface area contributed by atoms with Gasteiger partial charge in [0, 0.05) is 24.2 Å². The van der Waals surface area contributed by atoms with Gasteiger partial charge in [0.1, 0.15) is 0 Å². The van der Waals surface area contributed by atoms with E-state index < -0.39 is 15.9 Å². The summed E-state index contributed by atoms with van der Waals surface area (Å²) in [5.74, 6) is -0.168. The van der Waals surface area contributed by atoms with Crippen molar-refractivity contribution < 1.29 is 17.6 Å². The van der Waals surface area contributed by atoms with Crippen molar-refractivity contribution in [2.75, 3.05) is 11.9 Å². The van der Waals surface area contributed by atoms with Crippen molar-refractivity contribution in [2.45, 2.75) is 38.6 Å². The van der Waals surface area contributed by atoms with E-state index in [1.807, 2.05) is 50.2 Å².